The molecule has 24 heavy (non-hydrogen) atoms. The van der Waals surface area contributed by atoms with Crippen molar-refractivity contribution in [2.45, 2.75) is 24.7 Å². The Balaban J connectivity index is 2.81. The van der Waals surface area contributed by atoms with Crippen LogP contribution in [0.1, 0.15) is 19.0 Å². The highest BCUT2D eigenvalue weighted by Crippen LogP contribution is 2.10. The first-order valence-electron chi connectivity index (χ1n) is 7.84. The van der Waals surface area contributed by atoms with E-state index in [1.807, 2.05) is 36.9 Å². The van der Waals surface area contributed by atoms with Gasteiger partial charge in [0.15, 0.2) is 4.84 Å². The average molecular weight is 378 g/mol. The molecule has 0 saturated carbocycles. The van der Waals surface area contributed by atoms with Crippen LogP contribution in [0.25, 0.3) is 0 Å². The number of rotatable bonds is 10. The van der Waals surface area contributed by atoms with Gasteiger partial charge in [0.05, 0.1) is 19.7 Å². The SMILES string of the molecule is CCCN(CC(=O)N(CCOC)Cc1cccn1C)C(=O)C(Cl)Cl. The fourth-order valence-corrected chi connectivity index (χ4v) is 2.56. The highest BCUT2D eigenvalue weighted by atomic mass is 35.5. The van der Waals surface area contributed by atoms with Gasteiger partial charge in [0.2, 0.25) is 5.91 Å². The third-order valence-corrected chi connectivity index (χ3v) is 4.01. The van der Waals surface area contributed by atoms with E-state index in [2.05, 4.69) is 0 Å². The molecular weight excluding hydrogens is 353 g/mol. The van der Waals surface area contributed by atoms with Gasteiger partial charge in [-0.15, -0.1) is 0 Å². The van der Waals surface area contributed by atoms with Gasteiger partial charge in [0, 0.05) is 39.1 Å². The van der Waals surface area contributed by atoms with Crippen LogP contribution in [0, 0.1) is 0 Å². The third-order valence-electron chi connectivity index (χ3n) is 3.64. The lowest BCUT2D eigenvalue weighted by Gasteiger charge is -2.28. The van der Waals surface area contributed by atoms with Crippen LogP contribution in [0.3, 0.4) is 0 Å². The standard InChI is InChI=1S/C16H25Cl2N3O3/c1-4-7-21(16(23)15(17)18)12-14(22)20(9-10-24-3)11-13-6-5-8-19(13)2/h5-6,8,15H,4,7,9-12H2,1-3H3. The number of carbonyl (C=O) groups is 2. The van der Waals surface area contributed by atoms with E-state index in [0.29, 0.717) is 26.2 Å². The predicted octanol–water partition coefficient (Wildman–Crippen LogP) is 2.04. The number of carbonyl (C=O) groups excluding carboxylic acids is 2. The molecule has 0 aliphatic heterocycles. The molecule has 1 aromatic rings. The van der Waals surface area contributed by atoms with Crippen molar-refractivity contribution in [3.63, 3.8) is 0 Å². The number of aromatic nitrogens is 1. The Morgan fingerprint density at radius 1 is 1.29 bits per heavy atom. The molecule has 1 rings (SSSR count). The van der Waals surface area contributed by atoms with Gasteiger partial charge in [-0.1, -0.05) is 30.1 Å². The molecule has 0 radical (unpaired) electrons. The zero-order chi connectivity index (χ0) is 18.1. The second-order valence-electron chi connectivity index (χ2n) is 5.48. The fourth-order valence-electron chi connectivity index (χ4n) is 2.29. The minimum absolute atomic E-state index is 0.0449. The topological polar surface area (TPSA) is 54.8 Å². The Labute approximate surface area is 153 Å². The summed E-state index contributed by atoms with van der Waals surface area (Å²) >= 11 is 11.3. The number of aryl methyl sites for hydroxylation is 1. The maximum absolute atomic E-state index is 12.7. The Morgan fingerprint density at radius 2 is 2.00 bits per heavy atom. The first-order chi connectivity index (χ1) is 11.4. The monoisotopic (exact) mass is 377 g/mol. The molecule has 0 unspecified atom stereocenters. The number of nitrogens with zero attached hydrogens (tertiary/aromatic N) is 3. The van der Waals surface area contributed by atoms with E-state index < -0.39 is 10.7 Å². The molecular formula is C16H25Cl2N3O3. The molecule has 1 heterocycles. The first-order valence-corrected chi connectivity index (χ1v) is 8.71. The van der Waals surface area contributed by atoms with E-state index in [1.54, 1.807) is 12.0 Å². The molecule has 0 spiro atoms. The van der Waals surface area contributed by atoms with Crippen molar-refractivity contribution >= 4 is 35.0 Å². The van der Waals surface area contributed by atoms with Crippen molar-refractivity contribution in [3.05, 3.63) is 24.0 Å². The summed E-state index contributed by atoms with van der Waals surface area (Å²) in [6, 6.07) is 3.88. The third kappa shape index (κ3) is 6.34. The summed E-state index contributed by atoms with van der Waals surface area (Å²) in [5.74, 6) is -0.608. The lowest BCUT2D eigenvalue weighted by atomic mass is 10.3. The first kappa shape index (κ1) is 20.8. The fraction of sp³-hybridized carbons (Fsp3) is 0.625. The van der Waals surface area contributed by atoms with E-state index in [9.17, 15) is 9.59 Å². The van der Waals surface area contributed by atoms with Crippen molar-refractivity contribution in [2.24, 2.45) is 7.05 Å². The molecule has 0 aliphatic rings. The average Bonchev–Trinajstić information content (AvgIpc) is 2.94. The summed E-state index contributed by atoms with van der Waals surface area (Å²) in [7, 11) is 3.51. The van der Waals surface area contributed by atoms with Gasteiger partial charge in [0.25, 0.3) is 5.91 Å². The Morgan fingerprint density at radius 3 is 2.50 bits per heavy atom. The summed E-state index contributed by atoms with van der Waals surface area (Å²) in [5.41, 5.74) is 1.00. The molecule has 0 atom stereocenters. The van der Waals surface area contributed by atoms with Crippen LogP contribution in [0.4, 0.5) is 0 Å². The zero-order valence-electron chi connectivity index (χ0n) is 14.4. The number of halogens is 2. The van der Waals surface area contributed by atoms with E-state index in [4.69, 9.17) is 27.9 Å². The van der Waals surface area contributed by atoms with Crippen LogP contribution in [0.2, 0.25) is 0 Å². The van der Waals surface area contributed by atoms with Crippen LogP contribution in [0.5, 0.6) is 0 Å². The molecule has 0 aliphatic carbocycles. The molecule has 136 valence electrons. The van der Waals surface area contributed by atoms with E-state index >= 15 is 0 Å². The zero-order valence-corrected chi connectivity index (χ0v) is 15.9. The van der Waals surface area contributed by atoms with Crippen LogP contribution < -0.4 is 0 Å². The maximum Gasteiger partial charge on any atom is 0.256 e. The lowest BCUT2D eigenvalue weighted by molar-refractivity contribution is -0.140. The van der Waals surface area contributed by atoms with E-state index in [1.165, 1.54) is 4.90 Å². The predicted molar refractivity (Wildman–Crippen MR) is 95.1 cm³/mol. The summed E-state index contributed by atoms with van der Waals surface area (Å²) in [4.78, 5) is 26.6. The van der Waals surface area contributed by atoms with Gasteiger partial charge in [0.1, 0.15) is 0 Å². The molecule has 0 fully saturated rings. The van der Waals surface area contributed by atoms with Crippen LogP contribution >= 0.6 is 23.2 Å². The van der Waals surface area contributed by atoms with Crippen molar-refractivity contribution in [2.75, 3.05) is 33.4 Å². The second kappa shape index (κ2) is 10.6. The molecule has 2 amide bonds. The van der Waals surface area contributed by atoms with E-state index in [-0.39, 0.29) is 12.5 Å². The lowest BCUT2D eigenvalue weighted by Crippen LogP contribution is -2.45. The normalized spacial score (nSPS) is 10.9. The van der Waals surface area contributed by atoms with Crippen molar-refractivity contribution < 1.29 is 14.3 Å². The minimum atomic E-state index is -1.16. The summed E-state index contributed by atoms with van der Waals surface area (Å²) in [6.07, 6.45) is 2.64. The molecule has 0 bridgehead atoms. The smallest absolute Gasteiger partial charge is 0.256 e. The molecule has 0 saturated heterocycles. The number of amides is 2. The Kier molecular flexibility index (Phi) is 9.18. The quantitative estimate of drug-likeness (QED) is 0.586. The molecule has 0 aromatic carbocycles. The van der Waals surface area contributed by atoms with Crippen molar-refractivity contribution in [1.82, 2.24) is 14.4 Å². The molecule has 0 N–H and O–H groups in total. The number of hydrogen-bond donors (Lipinski definition) is 0. The Bertz CT molecular complexity index is 534. The molecule has 8 heteroatoms. The van der Waals surface area contributed by atoms with Crippen molar-refractivity contribution in [3.8, 4) is 0 Å². The van der Waals surface area contributed by atoms with Crippen LogP contribution in [0.15, 0.2) is 18.3 Å². The van der Waals surface area contributed by atoms with Crippen LogP contribution in [-0.4, -0.2) is 64.4 Å². The minimum Gasteiger partial charge on any atom is -0.383 e. The molecule has 6 nitrogen and oxygen atoms in total. The van der Waals surface area contributed by atoms with Gasteiger partial charge in [-0.05, 0) is 18.6 Å². The number of alkyl halides is 2. The van der Waals surface area contributed by atoms with Crippen molar-refractivity contribution in [1.29, 1.82) is 0 Å². The number of methoxy groups -OCH3 is 1. The summed E-state index contributed by atoms with van der Waals surface area (Å²) in [6.45, 7) is 3.63. The van der Waals surface area contributed by atoms with Gasteiger partial charge in [-0.3, -0.25) is 9.59 Å². The highest BCUT2D eigenvalue weighted by Gasteiger charge is 2.24. The number of ether oxygens (including phenoxy) is 1. The van der Waals surface area contributed by atoms with Gasteiger partial charge < -0.3 is 19.1 Å². The Hall–Kier alpha value is -1.24. The van der Waals surface area contributed by atoms with Gasteiger partial charge in [-0.2, -0.15) is 0 Å². The summed E-state index contributed by atoms with van der Waals surface area (Å²) in [5, 5.41) is 0. The highest BCUT2D eigenvalue weighted by molar-refractivity contribution is 6.53. The summed E-state index contributed by atoms with van der Waals surface area (Å²) < 4.78 is 7.04. The van der Waals surface area contributed by atoms with Gasteiger partial charge >= 0.3 is 0 Å². The maximum atomic E-state index is 12.7. The largest absolute Gasteiger partial charge is 0.383 e. The number of hydrogen-bond acceptors (Lipinski definition) is 3. The second-order valence-corrected chi connectivity index (χ2v) is 6.58. The van der Waals surface area contributed by atoms with E-state index in [0.717, 1.165) is 12.1 Å². The van der Waals surface area contributed by atoms with Gasteiger partial charge in [-0.25, -0.2) is 0 Å². The van der Waals surface area contributed by atoms with Crippen LogP contribution in [-0.2, 0) is 27.9 Å². The molecule has 1 aromatic heterocycles.